The Bertz CT molecular complexity index is 799. The summed E-state index contributed by atoms with van der Waals surface area (Å²) < 4.78 is 18.6. The van der Waals surface area contributed by atoms with E-state index in [0.29, 0.717) is 11.3 Å². The second-order valence-electron chi connectivity index (χ2n) is 4.99. The second kappa shape index (κ2) is 7.88. The number of halogens is 1. The first-order valence-electron chi connectivity index (χ1n) is 7.18. The molecule has 0 saturated heterocycles. The lowest BCUT2D eigenvalue weighted by atomic mass is 9.97. The number of ketones is 1. The van der Waals surface area contributed by atoms with Gasteiger partial charge in [-0.1, -0.05) is 24.3 Å². The minimum absolute atomic E-state index is 0.127. The van der Waals surface area contributed by atoms with E-state index in [0.717, 1.165) is 0 Å². The summed E-state index contributed by atoms with van der Waals surface area (Å²) in [6.07, 6.45) is 0. The van der Waals surface area contributed by atoms with Crippen LogP contribution in [0.3, 0.4) is 0 Å². The molecule has 0 radical (unpaired) electrons. The fourth-order valence-electron chi connectivity index (χ4n) is 2.09. The molecule has 24 heavy (non-hydrogen) atoms. The summed E-state index contributed by atoms with van der Waals surface area (Å²) in [6.45, 7) is 0.127. The monoisotopic (exact) mass is 326 g/mol. The number of amides is 1. The topological polar surface area (TPSA) is 79.2 Å². The van der Waals surface area contributed by atoms with Crippen LogP contribution >= 0.6 is 0 Å². The zero-order valence-corrected chi connectivity index (χ0v) is 13.0. The number of hydrogen-bond acceptors (Lipinski definition) is 4. The zero-order valence-electron chi connectivity index (χ0n) is 13.0. The SMILES string of the molecule is CNC(=O)[C@@H](C#N)C(=O)c1cccc(COc2cccc(F)c2)c1. The van der Waals surface area contributed by atoms with Crippen LogP contribution in [0.1, 0.15) is 15.9 Å². The molecule has 0 unspecified atom stereocenters. The number of Topliss-reactive ketones (excluding diaryl/α,β-unsaturated/α-hetero) is 1. The average Bonchev–Trinajstić information content (AvgIpc) is 2.60. The quantitative estimate of drug-likeness (QED) is 0.653. The number of nitrogens with one attached hydrogen (secondary N) is 1. The van der Waals surface area contributed by atoms with Gasteiger partial charge < -0.3 is 10.1 Å². The van der Waals surface area contributed by atoms with Crippen molar-refractivity contribution in [2.24, 2.45) is 5.92 Å². The van der Waals surface area contributed by atoms with Crippen LogP contribution in [0.2, 0.25) is 0 Å². The highest BCUT2D eigenvalue weighted by atomic mass is 19.1. The molecule has 0 aliphatic rings. The molecule has 0 aliphatic carbocycles. The minimum Gasteiger partial charge on any atom is -0.489 e. The Morgan fingerprint density at radius 3 is 2.67 bits per heavy atom. The molecule has 1 atom stereocenters. The molecule has 0 saturated carbocycles. The molecule has 1 amide bonds. The van der Waals surface area contributed by atoms with Crippen molar-refractivity contribution < 1.29 is 18.7 Å². The van der Waals surface area contributed by atoms with Gasteiger partial charge in [-0.15, -0.1) is 0 Å². The summed E-state index contributed by atoms with van der Waals surface area (Å²) in [4.78, 5) is 23.8. The van der Waals surface area contributed by atoms with Gasteiger partial charge in [-0.2, -0.15) is 5.26 Å². The Morgan fingerprint density at radius 2 is 2.00 bits per heavy atom. The highest BCUT2D eigenvalue weighted by Crippen LogP contribution is 2.16. The third kappa shape index (κ3) is 4.17. The predicted octanol–water partition coefficient (Wildman–Crippen LogP) is 2.47. The number of carbonyl (C=O) groups excluding carboxylic acids is 2. The maximum atomic E-state index is 13.1. The summed E-state index contributed by atoms with van der Waals surface area (Å²) in [5.41, 5.74) is 0.907. The van der Waals surface area contributed by atoms with Crippen LogP contribution < -0.4 is 10.1 Å². The first-order chi connectivity index (χ1) is 11.5. The van der Waals surface area contributed by atoms with E-state index in [1.165, 1.54) is 31.3 Å². The first kappa shape index (κ1) is 17.2. The molecule has 122 valence electrons. The standard InChI is InChI=1S/C18H15FN2O3/c1-21-18(23)16(10-20)17(22)13-5-2-4-12(8-13)11-24-15-7-3-6-14(19)9-15/h2-9,16H,11H2,1H3,(H,21,23)/t16-/m0/s1. The molecular weight excluding hydrogens is 311 g/mol. The van der Waals surface area contributed by atoms with E-state index in [9.17, 15) is 14.0 Å². The van der Waals surface area contributed by atoms with Crippen molar-refractivity contribution in [1.82, 2.24) is 5.32 Å². The average molecular weight is 326 g/mol. The summed E-state index contributed by atoms with van der Waals surface area (Å²) in [7, 11) is 1.36. The van der Waals surface area contributed by atoms with Crippen molar-refractivity contribution in [2.45, 2.75) is 6.61 Å². The molecular formula is C18H15FN2O3. The number of carbonyl (C=O) groups is 2. The van der Waals surface area contributed by atoms with Gasteiger partial charge in [0.15, 0.2) is 11.7 Å². The van der Waals surface area contributed by atoms with E-state index in [-0.39, 0.29) is 12.2 Å². The van der Waals surface area contributed by atoms with Crippen molar-refractivity contribution in [2.75, 3.05) is 7.05 Å². The number of nitriles is 1. The molecule has 0 aromatic heterocycles. The van der Waals surface area contributed by atoms with Gasteiger partial charge in [0.05, 0.1) is 6.07 Å². The molecule has 0 spiro atoms. The first-order valence-corrected chi connectivity index (χ1v) is 7.18. The predicted molar refractivity (Wildman–Crippen MR) is 84.7 cm³/mol. The fourth-order valence-corrected chi connectivity index (χ4v) is 2.09. The van der Waals surface area contributed by atoms with Crippen molar-refractivity contribution in [3.63, 3.8) is 0 Å². The van der Waals surface area contributed by atoms with Crippen LogP contribution in [-0.4, -0.2) is 18.7 Å². The normalized spacial score (nSPS) is 11.2. The molecule has 5 nitrogen and oxygen atoms in total. The van der Waals surface area contributed by atoms with Gasteiger partial charge in [-0.05, 0) is 23.8 Å². The number of ether oxygens (including phenoxy) is 1. The van der Waals surface area contributed by atoms with E-state index >= 15 is 0 Å². The summed E-state index contributed by atoms with van der Waals surface area (Å²) in [5, 5.41) is 11.3. The van der Waals surface area contributed by atoms with Crippen molar-refractivity contribution >= 4 is 11.7 Å². The molecule has 0 bridgehead atoms. The fraction of sp³-hybridized carbons (Fsp3) is 0.167. The van der Waals surface area contributed by atoms with E-state index in [4.69, 9.17) is 10.00 Å². The Kier molecular flexibility index (Phi) is 5.63. The van der Waals surface area contributed by atoms with Crippen LogP contribution in [0, 0.1) is 23.1 Å². The van der Waals surface area contributed by atoms with E-state index in [1.807, 2.05) is 0 Å². The minimum atomic E-state index is -1.39. The van der Waals surface area contributed by atoms with Gasteiger partial charge in [0.1, 0.15) is 18.2 Å². The summed E-state index contributed by atoms with van der Waals surface area (Å²) in [6, 6.07) is 13.9. The lowest BCUT2D eigenvalue weighted by Gasteiger charge is -2.09. The molecule has 0 heterocycles. The lowest BCUT2D eigenvalue weighted by Crippen LogP contribution is -2.32. The van der Waals surface area contributed by atoms with E-state index in [1.54, 1.807) is 30.3 Å². The highest BCUT2D eigenvalue weighted by Gasteiger charge is 2.26. The van der Waals surface area contributed by atoms with Crippen molar-refractivity contribution in [3.05, 3.63) is 65.5 Å². The Morgan fingerprint density at radius 1 is 1.25 bits per heavy atom. The lowest BCUT2D eigenvalue weighted by molar-refractivity contribution is -0.121. The third-order valence-corrected chi connectivity index (χ3v) is 3.31. The third-order valence-electron chi connectivity index (χ3n) is 3.31. The maximum Gasteiger partial charge on any atom is 0.245 e. The van der Waals surface area contributed by atoms with Gasteiger partial charge in [-0.25, -0.2) is 4.39 Å². The molecule has 1 N–H and O–H groups in total. The van der Waals surface area contributed by atoms with E-state index in [2.05, 4.69) is 5.32 Å². The Labute approximate surface area is 138 Å². The van der Waals surface area contributed by atoms with Gasteiger partial charge in [0, 0.05) is 18.7 Å². The summed E-state index contributed by atoms with van der Waals surface area (Å²) >= 11 is 0. The van der Waals surface area contributed by atoms with Crippen LogP contribution in [0.25, 0.3) is 0 Å². The highest BCUT2D eigenvalue weighted by molar-refractivity contribution is 6.12. The second-order valence-corrected chi connectivity index (χ2v) is 4.99. The molecule has 2 aromatic carbocycles. The molecule has 0 fully saturated rings. The van der Waals surface area contributed by atoms with Crippen LogP contribution in [0.4, 0.5) is 4.39 Å². The Balaban J connectivity index is 2.12. The van der Waals surface area contributed by atoms with Crippen LogP contribution in [-0.2, 0) is 11.4 Å². The van der Waals surface area contributed by atoms with Crippen LogP contribution in [0.5, 0.6) is 5.75 Å². The molecule has 0 aliphatic heterocycles. The van der Waals surface area contributed by atoms with Crippen molar-refractivity contribution in [1.29, 1.82) is 5.26 Å². The van der Waals surface area contributed by atoms with Gasteiger partial charge >= 0.3 is 0 Å². The largest absolute Gasteiger partial charge is 0.489 e. The molecule has 2 rings (SSSR count). The number of hydrogen-bond donors (Lipinski definition) is 1. The Hall–Kier alpha value is -3.20. The smallest absolute Gasteiger partial charge is 0.245 e. The molecule has 2 aromatic rings. The number of nitrogens with zero attached hydrogens (tertiary/aromatic N) is 1. The number of rotatable bonds is 6. The zero-order chi connectivity index (χ0) is 17.5. The van der Waals surface area contributed by atoms with E-state index < -0.39 is 23.4 Å². The van der Waals surface area contributed by atoms with Gasteiger partial charge in [-0.3, -0.25) is 9.59 Å². The molecule has 6 heteroatoms. The number of benzene rings is 2. The summed E-state index contributed by atoms with van der Waals surface area (Å²) in [5.74, 6) is -2.66. The van der Waals surface area contributed by atoms with Crippen LogP contribution in [0.15, 0.2) is 48.5 Å². The van der Waals surface area contributed by atoms with Gasteiger partial charge in [0.25, 0.3) is 0 Å². The van der Waals surface area contributed by atoms with Gasteiger partial charge in [0.2, 0.25) is 5.91 Å². The maximum absolute atomic E-state index is 13.1. The van der Waals surface area contributed by atoms with Crippen molar-refractivity contribution in [3.8, 4) is 11.8 Å².